The van der Waals surface area contributed by atoms with Gasteiger partial charge in [0.1, 0.15) is 15.4 Å². The van der Waals surface area contributed by atoms with Crippen LogP contribution in [-0.4, -0.2) is 28.4 Å². The van der Waals surface area contributed by atoms with Crippen molar-refractivity contribution in [2.45, 2.75) is 23.6 Å². The topological polar surface area (TPSA) is 148 Å². The molecule has 12 heteroatoms. The molecule has 1 aromatic heterocycles. The zero-order chi connectivity index (χ0) is 28.1. The smallest absolute Gasteiger partial charge is 0.339 e. The number of hydrogen-bond donors (Lipinski definition) is 0. The van der Waals surface area contributed by atoms with E-state index in [0.717, 1.165) is 29.5 Å². The van der Waals surface area contributed by atoms with Crippen LogP contribution in [-0.2, 0) is 20.2 Å². The van der Waals surface area contributed by atoms with Crippen LogP contribution in [0.3, 0.4) is 0 Å². The molecule has 10 nitrogen and oxygen atoms in total. The van der Waals surface area contributed by atoms with Crippen LogP contribution in [0.2, 0.25) is 0 Å². The van der Waals surface area contributed by atoms with Crippen molar-refractivity contribution < 1.29 is 39.5 Å². The normalized spacial score (nSPS) is 13.0. The standard InChI is InChI=1S/C27H19NO9S2/c1-16-5-9-18(10-6-16)38(32,33)36-21-13-14-22(37-39(34,35)19-11-7-17(2)8-12-19)24-23(21)26(29)20-4-3-15-28(31)25(20)27(24)30/h3-15H,1-2H3. The highest BCUT2D eigenvalue weighted by Gasteiger charge is 2.42. The Hall–Kier alpha value is -4.55. The summed E-state index contributed by atoms with van der Waals surface area (Å²) in [5.41, 5.74) is -0.445. The fourth-order valence-electron chi connectivity index (χ4n) is 4.04. The Labute approximate surface area is 223 Å². The minimum absolute atomic E-state index is 0.174. The maximum absolute atomic E-state index is 13.5. The van der Waals surface area contributed by atoms with Crippen LogP contribution in [0.4, 0.5) is 0 Å². The monoisotopic (exact) mass is 565 g/mol. The number of carbonyl (C=O) groups excluding carboxylic acids is 2. The average molecular weight is 566 g/mol. The number of fused-ring (bicyclic) bond motifs is 2. The molecule has 1 aliphatic rings. The van der Waals surface area contributed by atoms with Crippen LogP contribution < -0.4 is 13.1 Å². The van der Waals surface area contributed by atoms with Gasteiger partial charge in [-0.2, -0.15) is 21.6 Å². The second-order valence-corrected chi connectivity index (χ2v) is 11.9. The van der Waals surface area contributed by atoms with Gasteiger partial charge >= 0.3 is 20.2 Å². The number of rotatable bonds is 6. The first-order valence-electron chi connectivity index (χ1n) is 11.4. The molecule has 0 saturated heterocycles. The summed E-state index contributed by atoms with van der Waals surface area (Å²) in [6.45, 7) is 3.53. The van der Waals surface area contributed by atoms with E-state index in [0.29, 0.717) is 0 Å². The molecular formula is C27H19NO9S2. The number of carbonyl (C=O) groups is 2. The van der Waals surface area contributed by atoms with Crippen molar-refractivity contribution in [2.75, 3.05) is 0 Å². The van der Waals surface area contributed by atoms with Crippen molar-refractivity contribution in [3.8, 4) is 11.5 Å². The third-order valence-corrected chi connectivity index (χ3v) is 8.52. The van der Waals surface area contributed by atoms with E-state index in [4.69, 9.17) is 8.37 Å². The van der Waals surface area contributed by atoms with Gasteiger partial charge in [0.25, 0.3) is 11.5 Å². The number of aryl methyl sites for hydroxylation is 2. The number of nitrogens with zero attached hydrogens (tertiary/aromatic N) is 1. The lowest BCUT2D eigenvalue weighted by molar-refractivity contribution is -0.607. The van der Waals surface area contributed by atoms with Crippen molar-refractivity contribution in [3.63, 3.8) is 0 Å². The summed E-state index contributed by atoms with van der Waals surface area (Å²) in [5.74, 6) is -3.06. The third-order valence-electron chi connectivity index (χ3n) is 6.02. The molecule has 198 valence electrons. The van der Waals surface area contributed by atoms with Gasteiger partial charge in [0, 0.05) is 6.07 Å². The highest BCUT2D eigenvalue weighted by molar-refractivity contribution is 7.87. The summed E-state index contributed by atoms with van der Waals surface area (Å²) < 4.78 is 62.8. The number of hydrogen-bond acceptors (Lipinski definition) is 9. The van der Waals surface area contributed by atoms with E-state index in [2.05, 4.69) is 0 Å². The average Bonchev–Trinajstić information content (AvgIpc) is 2.88. The van der Waals surface area contributed by atoms with Crippen LogP contribution in [0, 0.1) is 19.1 Å². The lowest BCUT2D eigenvalue weighted by Gasteiger charge is -2.21. The van der Waals surface area contributed by atoms with Crippen molar-refractivity contribution >= 4 is 31.8 Å². The number of aromatic nitrogens is 1. The first kappa shape index (κ1) is 26.1. The molecule has 39 heavy (non-hydrogen) atoms. The van der Waals surface area contributed by atoms with Crippen molar-refractivity contribution in [3.05, 3.63) is 118 Å². The van der Waals surface area contributed by atoms with Crippen molar-refractivity contribution in [1.82, 2.24) is 0 Å². The molecule has 0 saturated carbocycles. The fourth-order valence-corrected chi connectivity index (χ4v) is 5.93. The Morgan fingerprint density at radius 1 is 0.641 bits per heavy atom. The molecule has 0 bridgehead atoms. The largest absolute Gasteiger partial charge is 0.618 e. The molecule has 5 rings (SSSR count). The summed E-state index contributed by atoms with van der Waals surface area (Å²) in [6.07, 6.45) is 1.00. The van der Waals surface area contributed by atoms with Crippen LogP contribution >= 0.6 is 0 Å². The lowest BCUT2D eigenvalue weighted by atomic mass is 9.86. The fraction of sp³-hybridized carbons (Fsp3) is 0.0741. The highest BCUT2D eigenvalue weighted by atomic mass is 32.2. The molecule has 0 spiro atoms. The number of benzene rings is 3. The van der Waals surface area contributed by atoms with Gasteiger partial charge < -0.3 is 13.6 Å². The van der Waals surface area contributed by atoms with Gasteiger partial charge in [-0.1, -0.05) is 35.4 Å². The minimum atomic E-state index is -4.49. The molecule has 1 heterocycles. The maximum Gasteiger partial charge on any atom is 0.339 e. The van der Waals surface area contributed by atoms with E-state index < -0.39 is 60.1 Å². The van der Waals surface area contributed by atoms with Gasteiger partial charge in [-0.3, -0.25) is 9.59 Å². The summed E-state index contributed by atoms with van der Waals surface area (Å²) in [6, 6.07) is 15.9. The molecule has 1 aliphatic carbocycles. The van der Waals surface area contributed by atoms with Crippen LogP contribution in [0.15, 0.2) is 88.8 Å². The molecule has 0 amide bonds. The van der Waals surface area contributed by atoms with Crippen LogP contribution in [0.5, 0.6) is 11.5 Å². The molecule has 0 N–H and O–H groups in total. The third kappa shape index (κ3) is 4.64. The molecule has 4 aromatic rings. The summed E-state index contributed by atoms with van der Waals surface area (Å²) in [5, 5.41) is 12.5. The molecular weight excluding hydrogens is 546 g/mol. The van der Waals surface area contributed by atoms with Gasteiger partial charge in [0.05, 0.1) is 11.1 Å². The van der Waals surface area contributed by atoms with Gasteiger partial charge in [0.15, 0.2) is 17.7 Å². The van der Waals surface area contributed by atoms with E-state index >= 15 is 0 Å². The zero-order valence-corrected chi connectivity index (χ0v) is 22.1. The lowest BCUT2D eigenvalue weighted by Crippen LogP contribution is -2.40. The van der Waals surface area contributed by atoms with Gasteiger partial charge in [-0.25, -0.2) is 0 Å². The van der Waals surface area contributed by atoms with Crippen molar-refractivity contribution in [1.29, 1.82) is 0 Å². The summed E-state index contributed by atoms with van der Waals surface area (Å²) in [7, 11) is -8.97. The molecule has 3 aromatic carbocycles. The van der Waals surface area contributed by atoms with E-state index in [9.17, 15) is 31.6 Å². The SMILES string of the molecule is Cc1ccc(S(=O)(=O)Oc2ccc(OS(=O)(=O)c3ccc(C)cc3)c3c2C(=O)c2ccc[n+]([O-])c2C3=O)cc1. The van der Waals surface area contributed by atoms with Crippen LogP contribution in [0.25, 0.3) is 0 Å². The Morgan fingerprint density at radius 3 is 1.54 bits per heavy atom. The van der Waals surface area contributed by atoms with E-state index in [1.807, 2.05) is 0 Å². The van der Waals surface area contributed by atoms with Gasteiger partial charge in [0.2, 0.25) is 5.78 Å². The van der Waals surface area contributed by atoms with Gasteiger partial charge in [-0.05, 0) is 56.3 Å². The summed E-state index contributed by atoms with van der Waals surface area (Å²) in [4.78, 5) is 26.6. The first-order valence-corrected chi connectivity index (χ1v) is 14.2. The van der Waals surface area contributed by atoms with E-state index in [1.165, 1.54) is 36.4 Å². The second-order valence-electron chi connectivity index (χ2n) is 8.77. The maximum atomic E-state index is 13.5. The van der Waals surface area contributed by atoms with Crippen LogP contribution in [0.1, 0.15) is 43.1 Å². The van der Waals surface area contributed by atoms with Gasteiger partial charge in [-0.15, -0.1) is 0 Å². The van der Waals surface area contributed by atoms with E-state index in [-0.39, 0.29) is 20.1 Å². The molecule has 0 aliphatic heterocycles. The Morgan fingerprint density at radius 2 is 1.08 bits per heavy atom. The molecule has 0 unspecified atom stereocenters. The number of ketones is 2. The number of pyridine rings is 1. The molecule has 0 radical (unpaired) electrons. The Balaban J connectivity index is 1.68. The summed E-state index contributed by atoms with van der Waals surface area (Å²) >= 11 is 0. The van der Waals surface area contributed by atoms with E-state index in [1.54, 1.807) is 38.1 Å². The first-order chi connectivity index (χ1) is 18.4. The van der Waals surface area contributed by atoms with Crippen molar-refractivity contribution in [2.24, 2.45) is 0 Å². The Kier molecular flexibility index (Phi) is 6.24. The Bertz CT molecular complexity index is 1880. The highest BCUT2D eigenvalue weighted by Crippen LogP contribution is 2.39. The molecule has 0 fully saturated rings. The predicted molar refractivity (Wildman–Crippen MR) is 137 cm³/mol. The minimum Gasteiger partial charge on any atom is -0.618 e. The molecule has 0 atom stereocenters. The predicted octanol–water partition coefficient (Wildman–Crippen LogP) is 3.25. The quantitative estimate of drug-likeness (QED) is 0.172. The zero-order valence-electron chi connectivity index (χ0n) is 20.4. The second kappa shape index (κ2) is 9.33.